The SMILES string of the molecule is CC(CCl)N(C)Cc1cccc(Br)c1. The van der Waals surface area contributed by atoms with Crippen LogP contribution in [0.1, 0.15) is 12.5 Å². The van der Waals surface area contributed by atoms with Gasteiger partial charge in [0.05, 0.1) is 0 Å². The molecule has 1 aromatic rings. The Kier molecular flexibility index (Phi) is 4.93. The van der Waals surface area contributed by atoms with Gasteiger partial charge in [-0.05, 0) is 31.7 Å². The van der Waals surface area contributed by atoms with Gasteiger partial charge in [-0.25, -0.2) is 0 Å². The molecule has 78 valence electrons. The quantitative estimate of drug-likeness (QED) is 0.761. The van der Waals surface area contributed by atoms with Crippen molar-refractivity contribution in [2.75, 3.05) is 12.9 Å². The van der Waals surface area contributed by atoms with E-state index in [-0.39, 0.29) is 0 Å². The van der Waals surface area contributed by atoms with E-state index in [1.165, 1.54) is 5.56 Å². The van der Waals surface area contributed by atoms with Gasteiger partial charge in [-0.15, -0.1) is 11.6 Å². The van der Waals surface area contributed by atoms with E-state index in [1.807, 2.05) is 6.07 Å². The molecule has 0 aliphatic rings. The van der Waals surface area contributed by atoms with Crippen LogP contribution in [-0.4, -0.2) is 23.9 Å². The van der Waals surface area contributed by atoms with E-state index < -0.39 is 0 Å². The predicted molar refractivity (Wildman–Crippen MR) is 65.8 cm³/mol. The fourth-order valence-corrected chi connectivity index (χ4v) is 1.88. The molecule has 1 rings (SSSR count). The van der Waals surface area contributed by atoms with Crippen LogP contribution in [-0.2, 0) is 6.54 Å². The maximum Gasteiger partial charge on any atom is 0.0376 e. The Hall–Kier alpha value is -0.0500. The number of benzene rings is 1. The maximum atomic E-state index is 5.79. The summed E-state index contributed by atoms with van der Waals surface area (Å²) in [5, 5.41) is 0. The number of rotatable bonds is 4. The lowest BCUT2D eigenvalue weighted by molar-refractivity contribution is 0.268. The second-order valence-corrected chi connectivity index (χ2v) is 4.77. The van der Waals surface area contributed by atoms with Crippen LogP contribution in [0, 0.1) is 0 Å². The minimum absolute atomic E-state index is 0.413. The molecule has 1 atom stereocenters. The Morgan fingerprint density at radius 3 is 2.79 bits per heavy atom. The molecule has 0 bridgehead atoms. The predicted octanol–water partition coefficient (Wildman–Crippen LogP) is 3.51. The summed E-state index contributed by atoms with van der Waals surface area (Å²) in [6, 6.07) is 8.77. The summed E-state index contributed by atoms with van der Waals surface area (Å²) in [7, 11) is 2.09. The molecule has 14 heavy (non-hydrogen) atoms. The molecule has 1 unspecified atom stereocenters. The van der Waals surface area contributed by atoms with Crippen molar-refractivity contribution in [3.05, 3.63) is 34.3 Å². The van der Waals surface area contributed by atoms with Crippen molar-refractivity contribution in [1.29, 1.82) is 0 Å². The standard InChI is InChI=1S/C11H15BrClN/c1-9(7-13)14(2)8-10-4-3-5-11(12)6-10/h3-6,9H,7-8H2,1-2H3. The molecule has 0 N–H and O–H groups in total. The van der Waals surface area contributed by atoms with E-state index in [1.54, 1.807) is 0 Å². The zero-order valence-electron chi connectivity index (χ0n) is 8.50. The topological polar surface area (TPSA) is 3.24 Å². The molecule has 0 saturated carbocycles. The second kappa shape index (κ2) is 5.74. The zero-order chi connectivity index (χ0) is 10.6. The highest BCUT2D eigenvalue weighted by atomic mass is 79.9. The van der Waals surface area contributed by atoms with Gasteiger partial charge in [-0.2, -0.15) is 0 Å². The van der Waals surface area contributed by atoms with Crippen LogP contribution in [0.2, 0.25) is 0 Å². The van der Waals surface area contributed by atoms with Crippen molar-refractivity contribution in [3.63, 3.8) is 0 Å². The number of hydrogen-bond donors (Lipinski definition) is 0. The molecule has 3 heteroatoms. The molecule has 0 saturated heterocycles. The van der Waals surface area contributed by atoms with E-state index in [0.717, 1.165) is 11.0 Å². The smallest absolute Gasteiger partial charge is 0.0376 e. The molecule has 0 amide bonds. The van der Waals surface area contributed by atoms with Crippen LogP contribution >= 0.6 is 27.5 Å². The van der Waals surface area contributed by atoms with Gasteiger partial charge < -0.3 is 0 Å². The van der Waals surface area contributed by atoms with E-state index in [0.29, 0.717) is 11.9 Å². The van der Waals surface area contributed by atoms with Crippen molar-refractivity contribution in [1.82, 2.24) is 4.90 Å². The van der Waals surface area contributed by atoms with Crippen molar-refractivity contribution in [2.45, 2.75) is 19.5 Å². The van der Waals surface area contributed by atoms with Gasteiger partial charge >= 0.3 is 0 Å². The van der Waals surface area contributed by atoms with E-state index in [2.05, 4.69) is 53.0 Å². The molecule has 0 aliphatic carbocycles. The number of nitrogens with zero attached hydrogens (tertiary/aromatic N) is 1. The third-order valence-electron chi connectivity index (χ3n) is 2.30. The van der Waals surface area contributed by atoms with Gasteiger partial charge in [0.2, 0.25) is 0 Å². The lowest BCUT2D eigenvalue weighted by atomic mass is 10.2. The number of halogens is 2. The average molecular weight is 277 g/mol. The summed E-state index contributed by atoms with van der Waals surface area (Å²) in [6.45, 7) is 3.07. The molecular formula is C11H15BrClN. The highest BCUT2D eigenvalue weighted by Gasteiger charge is 2.07. The monoisotopic (exact) mass is 275 g/mol. The van der Waals surface area contributed by atoms with E-state index >= 15 is 0 Å². The van der Waals surface area contributed by atoms with Crippen molar-refractivity contribution in [2.24, 2.45) is 0 Å². The van der Waals surface area contributed by atoms with Crippen molar-refractivity contribution >= 4 is 27.5 Å². The molecular weight excluding hydrogens is 261 g/mol. The van der Waals surface area contributed by atoms with Crippen LogP contribution in [0.25, 0.3) is 0 Å². The first-order valence-electron chi connectivity index (χ1n) is 4.64. The first kappa shape index (κ1) is 12.0. The van der Waals surface area contributed by atoms with Gasteiger partial charge in [0.25, 0.3) is 0 Å². The average Bonchev–Trinajstić information content (AvgIpc) is 2.16. The summed E-state index contributed by atoms with van der Waals surface area (Å²) in [4.78, 5) is 2.24. The molecule has 0 heterocycles. The third kappa shape index (κ3) is 3.60. The molecule has 0 aromatic heterocycles. The second-order valence-electron chi connectivity index (χ2n) is 3.55. The van der Waals surface area contributed by atoms with Gasteiger partial charge in [0.1, 0.15) is 0 Å². The Balaban J connectivity index is 2.60. The number of alkyl halides is 1. The summed E-state index contributed by atoms with van der Waals surface area (Å²) in [5.41, 5.74) is 1.30. The first-order chi connectivity index (χ1) is 6.63. The van der Waals surface area contributed by atoms with Crippen LogP contribution in [0.5, 0.6) is 0 Å². The van der Waals surface area contributed by atoms with Gasteiger partial charge in [-0.1, -0.05) is 28.1 Å². The summed E-state index contributed by atoms with van der Waals surface area (Å²) in [5.74, 6) is 0.671. The molecule has 0 radical (unpaired) electrons. The van der Waals surface area contributed by atoms with Crippen LogP contribution in [0.4, 0.5) is 0 Å². The molecule has 1 aromatic carbocycles. The fraction of sp³-hybridized carbons (Fsp3) is 0.455. The van der Waals surface area contributed by atoms with Crippen LogP contribution in [0.3, 0.4) is 0 Å². The Bertz CT molecular complexity index is 290. The first-order valence-corrected chi connectivity index (χ1v) is 5.97. The highest BCUT2D eigenvalue weighted by Crippen LogP contribution is 2.14. The lowest BCUT2D eigenvalue weighted by Crippen LogP contribution is -2.29. The van der Waals surface area contributed by atoms with Gasteiger partial charge in [0.15, 0.2) is 0 Å². The van der Waals surface area contributed by atoms with E-state index in [4.69, 9.17) is 11.6 Å². The lowest BCUT2D eigenvalue weighted by Gasteiger charge is -2.22. The third-order valence-corrected chi connectivity index (χ3v) is 3.24. The van der Waals surface area contributed by atoms with Gasteiger partial charge in [-0.3, -0.25) is 4.90 Å². The maximum absolute atomic E-state index is 5.79. The van der Waals surface area contributed by atoms with Crippen LogP contribution in [0.15, 0.2) is 28.7 Å². The molecule has 0 fully saturated rings. The normalized spacial score (nSPS) is 13.2. The molecule has 0 aliphatic heterocycles. The van der Waals surface area contributed by atoms with Crippen molar-refractivity contribution in [3.8, 4) is 0 Å². The summed E-state index contributed by atoms with van der Waals surface area (Å²) >= 11 is 9.26. The Labute approximate surface area is 99.2 Å². The molecule has 0 spiro atoms. The minimum Gasteiger partial charge on any atom is -0.298 e. The minimum atomic E-state index is 0.413. The largest absolute Gasteiger partial charge is 0.298 e. The Morgan fingerprint density at radius 2 is 2.21 bits per heavy atom. The Morgan fingerprint density at radius 1 is 1.50 bits per heavy atom. The highest BCUT2D eigenvalue weighted by molar-refractivity contribution is 9.10. The summed E-state index contributed by atoms with van der Waals surface area (Å²) < 4.78 is 1.13. The number of hydrogen-bond acceptors (Lipinski definition) is 1. The zero-order valence-corrected chi connectivity index (χ0v) is 10.8. The summed E-state index contributed by atoms with van der Waals surface area (Å²) in [6.07, 6.45) is 0. The van der Waals surface area contributed by atoms with Crippen molar-refractivity contribution < 1.29 is 0 Å². The molecule has 1 nitrogen and oxygen atoms in total. The van der Waals surface area contributed by atoms with Crippen LogP contribution < -0.4 is 0 Å². The fourth-order valence-electron chi connectivity index (χ4n) is 1.20. The van der Waals surface area contributed by atoms with E-state index in [9.17, 15) is 0 Å². The van der Waals surface area contributed by atoms with Gasteiger partial charge in [0, 0.05) is 22.9 Å².